The largest absolute Gasteiger partial charge is 0.485 e. The molecule has 0 amide bonds. The van der Waals surface area contributed by atoms with Gasteiger partial charge in [0.2, 0.25) is 11.7 Å². The molecule has 106 valence electrons. The molecule has 0 unspecified atom stereocenters. The van der Waals surface area contributed by atoms with Crippen molar-refractivity contribution in [1.29, 1.82) is 0 Å². The third-order valence-corrected chi connectivity index (χ3v) is 2.62. The van der Waals surface area contributed by atoms with Gasteiger partial charge in [-0.15, -0.1) is 0 Å². The van der Waals surface area contributed by atoms with E-state index in [-0.39, 0.29) is 12.6 Å². The third kappa shape index (κ3) is 3.57. The Bertz CT molecular complexity index is 563. The van der Waals surface area contributed by atoms with Gasteiger partial charge in [-0.1, -0.05) is 12.1 Å². The molecule has 1 heterocycles. The molecular weight excluding hydrogens is 260 g/mol. The number of hydrogen-bond acceptors (Lipinski definition) is 6. The van der Waals surface area contributed by atoms with Crippen LogP contribution in [-0.2, 0) is 17.8 Å². The summed E-state index contributed by atoms with van der Waals surface area (Å²) in [6.07, 6.45) is 1.72. The van der Waals surface area contributed by atoms with Crippen molar-refractivity contribution in [3.05, 3.63) is 41.5 Å². The summed E-state index contributed by atoms with van der Waals surface area (Å²) >= 11 is 0. The van der Waals surface area contributed by atoms with E-state index in [1.807, 2.05) is 6.92 Å². The smallest absolute Gasteiger partial charge is 0.337 e. The monoisotopic (exact) mass is 276 g/mol. The van der Waals surface area contributed by atoms with Crippen molar-refractivity contribution in [2.75, 3.05) is 7.11 Å². The predicted octanol–water partition coefficient (Wildman–Crippen LogP) is 2.39. The van der Waals surface area contributed by atoms with Crippen molar-refractivity contribution in [2.24, 2.45) is 0 Å². The van der Waals surface area contributed by atoms with E-state index in [9.17, 15) is 4.79 Å². The highest BCUT2D eigenvalue weighted by atomic mass is 16.5. The number of carbonyl (C=O) groups excluding carboxylic acids is 1. The minimum Gasteiger partial charge on any atom is -0.485 e. The average molecular weight is 276 g/mol. The molecule has 1 aromatic heterocycles. The second-order valence-electron chi connectivity index (χ2n) is 4.16. The Hall–Kier alpha value is -2.37. The van der Waals surface area contributed by atoms with Gasteiger partial charge in [-0.25, -0.2) is 4.79 Å². The molecule has 0 atom stereocenters. The fourth-order valence-corrected chi connectivity index (χ4v) is 1.62. The van der Waals surface area contributed by atoms with Gasteiger partial charge < -0.3 is 14.0 Å². The minimum atomic E-state index is -0.376. The number of benzene rings is 1. The lowest BCUT2D eigenvalue weighted by Crippen LogP contribution is -2.01. The van der Waals surface area contributed by atoms with Crippen molar-refractivity contribution < 1.29 is 18.8 Å². The van der Waals surface area contributed by atoms with E-state index in [0.717, 1.165) is 12.8 Å². The molecule has 20 heavy (non-hydrogen) atoms. The molecule has 0 N–H and O–H groups in total. The van der Waals surface area contributed by atoms with Gasteiger partial charge >= 0.3 is 5.97 Å². The SMILES string of the molecule is CCCc1nc(COc2ccc(C(=O)OC)cc2)no1. The Balaban J connectivity index is 1.91. The summed E-state index contributed by atoms with van der Waals surface area (Å²) in [6, 6.07) is 6.67. The molecule has 0 bridgehead atoms. The number of methoxy groups -OCH3 is 1. The Morgan fingerprint density at radius 1 is 1.30 bits per heavy atom. The van der Waals surface area contributed by atoms with Crippen LogP contribution in [0.1, 0.15) is 35.4 Å². The van der Waals surface area contributed by atoms with Gasteiger partial charge in [0.1, 0.15) is 5.75 Å². The summed E-state index contributed by atoms with van der Waals surface area (Å²) in [6.45, 7) is 2.27. The lowest BCUT2D eigenvalue weighted by atomic mass is 10.2. The molecule has 0 aliphatic rings. The van der Waals surface area contributed by atoms with Crippen LogP contribution in [0.5, 0.6) is 5.75 Å². The highest BCUT2D eigenvalue weighted by Crippen LogP contribution is 2.14. The molecule has 0 aliphatic carbocycles. The van der Waals surface area contributed by atoms with E-state index in [1.165, 1.54) is 7.11 Å². The van der Waals surface area contributed by atoms with Gasteiger partial charge in [-0.3, -0.25) is 0 Å². The first-order chi connectivity index (χ1) is 9.72. The Labute approximate surface area is 116 Å². The summed E-state index contributed by atoms with van der Waals surface area (Å²) in [7, 11) is 1.34. The molecule has 2 aromatic rings. The van der Waals surface area contributed by atoms with E-state index in [0.29, 0.717) is 23.0 Å². The molecule has 0 fully saturated rings. The third-order valence-electron chi connectivity index (χ3n) is 2.62. The second kappa shape index (κ2) is 6.70. The molecular formula is C14H16N2O4. The highest BCUT2D eigenvalue weighted by molar-refractivity contribution is 5.89. The van der Waals surface area contributed by atoms with Crippen LogP contribution in [0.2, 0.25) is 0 Å². The maximum absolute atomic E-state index is 11.3. The van der Waals surface area contributed by atoms with E-state index in [4.69, 9.17) is 9.26 Å². The van der Waals surface area contributed by atoms with Crippen molar-refractivity contribution in [2.45, 2.75) is 26.4 Å². The molecule has 0 spiro atoms. The molecule has 6 heteroatoms. The van der Waals surface area contributed by atoms with Crippen LogP contribution in [0.15, 0.2) is 28.8 Å². The van der Waals surface area contributed by atoms with Crippen molar-refractivity contribution in [3.63, 3.8) is 0 Å². The summed E-state index contributed by atoms with van der Waals surface area (Å²) < 4.78 is 15.2. The number of esters is 1. The van der Waals surface area contributed by atoms with Gasteiger partial charge in [0.15, 0.2) is 6.61 Å². The number of hydrogen-bond donors (Lipinski definition) is 0. The fraction of sp³-hybridized carbons (Fsp3) is 0.357. The maximum Gasteiger partial charge on any atom is 0.337 e. The summed E-state index contributed by atoms with van der Waals surface area (Å²) in [4.78, 5) is 15.5. The van der Waals surface area contributed by atoms with Gasteiger partial charge in [0.25, 0.3) is 0 Å². The van der Waals surface area contributed by atoms with E-state index >= 15 is 0 Å². The zero-order chi connectivity index (χ0) is 14.4. The van der Waals surface area contributed by atoms with Gasteiger partial charge in [-0.2, -0.15) is 4.98 Å². The van der Waals surface area contributed by atoms with E-state index in [1.54, 1.807) is 24.3 Å². The molecule has 0 saturated carbocycles. The van der Waals surface area contributed by atoms with Crippen LogP contribution in [-0.4, -0.2) is 23.2 Å². The Morgan fingerprint density at radius 3 is 2.70 bits per heavy atom. The number of nitrogens with zero attached hydrogens (tertiary/aromatic N) is 2. The molecule has 6 nitrogen and oxygen atoms in total. The van der Waals surface area contributed by atoms with Crippen LogP contribution in [0, 0.1) is 0 Å². The van der Waals surface area contributed by atoms with Gasteiger partial charge in [0, 0.05) is 6.42 Å². The Morgan fingerprint density at radius 2 is 2.05 bits per heavy atom. The minimum absolute atomic E-state index is 0.227. The van der Waals surface area contributed by atoms with Crippen LogP contribution in [0.25, 0.3) is 0 Å². The number of carbonyl (C=O) groups is 1. The molecule has 0 saturated heterocycles. The van der Waals surface area contributed by atoms with Crippen LogP contribution < -0.4 is 4.74 Å². The summed E-state index contributed by atoms with van der Waals surface area (Å²) in [5.74, 6) is 1.37. The summed E-state index contributed by atoms with van der Waals surface area (Å²) in [5, 5.41) is 3.82. The second-order valence-corrected chi connectivity index (χ2v) is 4.16. The summed E-state index contributed by atoms with van der Waals surface area (Å²) in [5.41, 5.74) is 0.477. The molecule has 1 aromatic carbocycles. The maximum atomic E-state index is 11.3. The van der Waals surface area contributed by atoms with Gasteiger partial charge in [0.05, 0.1) is 12.7 Å². The van der Waals surface area contributed by atoms with Crippen molar-refractivity contribution in [3.8, 4) is 5.75 Å². The fourth-order valence-electron chi connectivity index (χ4n) is 1.62. The lowest BCUT2D eigenvalue weighted by Gasteiger charge is -2.04. The molecule has 0 radical (unpaired) electrons. The van der Waals surface area contributed by atoms with E-state index in [2.05, 4.69) is 14.9 Å². The quantitative estimate of drug-likeness (QED) is 0.754. The normalized spacial score (nSPS) is 10.3. The number of ether oxygens (including phenoxy) is 2. The lowest BCUT2D eigenvalue weighted by molar-refractivity contribution is 0.0600. The number of aryl methyl sites for hydroxylation is 1. The van der Waals surface area contributed by atoms with Gasteiger partial charge in [-0.05, 0) is 30.7 Å². The van der Waals surface area contributed by atoms with Crippen molar-refractivity contribution in [1.82, 2.24) is 10.1 Å². The van der Waals surface area contributed by atoms with Crippen molar-refractivity contribution >= 4 is 5.97 Å². The van der Waals surface area contributed by atoms with E-state index < -0.39 is 0 Å². The standard InChI is InChI=1S/C14H16N2O4/c1-3-4-13-15-12(16-20-13)9-19-11-7-5-10(6-8-11)14(17)18-2/h5-8H,3-4,9H2,1-2H3. The first-order valence-electron chi connectivity index (χ1n) is 6.35. The number of aromatic nitrogens is 2. The van der Waals surface area contributed by atoms with Crippen LogP contribution in [0.3, 0.4) is 0 Å². The van der Waals surface area contributed by atoms with Crippen LogP contribution >= 0.6 is 0 Å². The predicted molar refractivity (Wildman–Crippen MR) is 70.4 cm³/mol. The average Bonchev–Trinajstić information content (AvgIpc) is 2.93. The molecule has 0 aliphatic heterocycles. The topological polar surface area (TPSA) is 74.5 Å². The zero-order valence-corrected chi connectivity index (χ0v) is 11.5. The Kier molecular flexibility index (Phi) is 4.70. The first-order valence-corrected chi connectivity index (χ1v) is 6.35. The zero-order valence-electron chi connectivity index (χ0n) is 11.5. The highest BCUT2D eigenvalue weighted by Gasteiger charge is 2.07. The molecule has 2 rings (SSSR count). The number of rotatable bonds is 6. The van der Waals surface area contributed by atoms with Crippen LogP contribution in [0.4, 0.5) is 0 Å². The first kappa shape index (κ1) is 14.0.